The molecule has 0 bridgehead atoms. The van der Waals surface area contributed by atoms with E-state index in [1.807, 2.05) is 31.2 Å². The van der Waals surface area contributed by atoms with E-state index in [1.54, 1.807) is 11.8 Å². The number of aryl methyl sites for hydroxylation is 1. The first-order chi connectivity index (χ1) is 9.06. The summed E-state index contributed by atoms with van der Waals surface area (Å²) in [4.78, 5) is 25.0. The molecular formula is C15H19NO3. The second-order valence-electron chi connectivity index (χ2n) is 4.94. The van der Waals surface area contributed by atoms with Gasteiger partial charge in [-0.3, -0.25) is 9.59 Å². The fraction of sp³-hybridized carbons (Fsp3) is 0.467. The molecule has 1 aliphatic rings. The van der Waals surface area contributed by atoms with Crippen molar-refractivity contribution < 1.29 is 14.3 Å². The minimum Gasteiger partial charge on any atom is -0.481 e. The summed E-state index contributed by atoms with van der Waals surface area (Å²) in [5.74, 6) is 0.878. The van der Waals surface area contributed by atoms with Crippen molar-refractivity contribution in [3.63, 3.8) is 0 Å². The molecule has 0 aromatic heterocycles. The van der Waals surface area contributed by atoms with Crippen molar-refractivity contribution in [3.8, 4) is 5.75 Å². The average Bonchev–Trinajstić information content (AvgIpc) is 2.41. The van der Waals surface area contributed by atoms with Crippen LogP contribution in [-0.2, 0) is 9.59 Å². The minimum absolute atomic E-state index is 0.0481. The van der Waals surface area contributed by atoms with Crippen LogP contribution < -0.4 is 4.74 Å². The predicted molar refractivity (Wildman–Crippen MR) is 72.1 cm³/mol. The Labute approximate surface area is 113 Å². The van der Waals surface area contributed by atoms with Crippen LogP contribution in [0.4, 0.5) is 0 Å². The lowest BCUT2D eigenvalue weighted by atomic mass is 10.1. The number of rotatable bonds is 3. The third kappa shape index (κ3) is 3.56. The van der Waals surface area contributed by atoms with Crippen LogP contribution in [0.2, 0.25) is 0 Å². The quantitative estimate of drug-likeness (QED) is 0.835. The number of piperidine rings is 1. The number of amides is 1. The van der Waals surface area contributed by atoms with E-state index >= 15 is 0 Å². The first-order valence-electron chi connectivity index (χ1n) is 6.60. The first kappa shape index (κ1) is 13.6. The Hall–Kier alpha value is -1.84. The van der Waals surface area contributed by atoms with Gasteiger partial charge in [-0.1, -0.05) is 17.7 Å². The molecule has 1 heterocycles. The fourth-order valence-electron chi connectivity index (χ4n) is 2.10. The molecule has 1 saturated heterocycles. The standard InChI is InChI=1S/C15H19NO3/c1-11-3-5-14(6-4-11)19-12(2)15(18)16-9-7-13(17)8-10-16/h3-6,12H,7-10H2,1-2H3. The van der Waals surface area contributed by atoms with Gasteiger partial charge in [0.15, 0.2) is 6.10 Å². The number of likely N-dealkylation sites (tertiary alicyclic amines) is 1. The Morgan fingerprint density at radius 2 is 1.79 bits per heavy atom. The van der Waals surface area contributed by atoms with E-state index in [-0.39, 0.29) is 11.7 Å². The van der Waals surface area contributed by atoms with Gasteiger partial charge in [0.2, 0.25) is 0 Å². The van der Waals surface area contributed by atoms with E-state index < -0.39 is 6.10 Å². The molecule has 2 rings (SSSR count). The van der Waals surface area contributed by atoms with Gasteiger partial charge < -0.3 is 9.64 Å². The fourth-order valence-corrected chi connectivity index (χ4v) is 2.10. The summed E-state index contributed by atoms with van der Waals surface area (Å²) in [7, 11) is 0. The van der Waals surface area contributed by atoms with Gasteiger partial charge in [0.25, 0.3) is 5.91 Å². The normalized spacial score (nSPS) is 17.2. The topological polar surface area (TPSA) is 46.6 Å². The van der Waals surface area contributed by atoms with Gasteiger partial charge in [-0.2, -0.15) is 0 Å². The molecule has 0 saturated carbocycles. The zero-order chi connectivity index (χ0) is 13.8. The van der Waals surface area contributed by atoms with E-state index in [2.05, 4.69) is 0 Å². The lowest BCUT2D eigenvalue weighted by Gasteiger charge is -2.28. The highest BCUT2D eigenvalue weighted by atomic mass is 16.5. The number of ether oxygens (including phenoxy) is 1. The zero-order valence-corrected chi connectivity index (χ0v) is 11.4. The highest BCUT2D eigenvalue weighted by molar-refractivity contribution is 5.85. The van der Waals surface area contributed by atoms with Crippen LogP contribution in [0.25, 0.3) is 0 Å². The molecule has 4 heteroatoms. The molecule has 4 nitrogen and oxygen atoms in total. The Morgan fingerprint density at radius 3 is 2.37 bits per heavy atom. The molecule has 1 aromatic rings. The van der Waals surface area contributed by atoms with Crippen molar-refractivity contribution >= 4 is 11.7 Å². The Bertz CT molecular complexity index is 457. The maximum absolute atomic E-state index is 12.2. The van der Waals surface area contributed by atoms with E-state index in [1.165, 1.54) is 0 Å². The van der Waals surface area contributed by atoms with Crippen LogP contribution in [0, 0.1) is 6.92 Å². The molecule has 0 radical (unpaired) electrons. The molecule has 1 fully saturated rings. The van der Waals surface area contributed by atoms with Crippen molar-refractivity contribution in [2.24, 2.45) is 0 Å². The highest BCUT2D eigenvalue weighted by Gasteiger charge is 2.25. The summed E-state index contributed by atoms with van der Waals surface area (Å²) in [6.07, 6.45) is 0.405. The summed E-state index contributed by atoms with van der Waals surface area (Å²) < 4.78 is 5.64. The molecular weight excluding hydrogens is 242 g/mol. The van der Waals surface area contributed by atoms with Crippen molar-refractivity contribution in [2.75, 3.05) is 13.1 Å². The Kier molecular flexibility index (Phi) is 4.20. The smallest absolute Gasteiger partial charge is 0.263 e. The monoisotopic (exact) mass is 261 g/mol. The Morgan fingerprint density at radius 1 is 1.21 bits per heavy atom. The van der Waals surface area contributed by atoms with Gasteiger partial charge in [0.05, 0.1) is 0 Å². The number of nitrogens with zero attached hydrogens (tertiary/aromatic N) is 1. The van der Waals surface area contributed by atoms with Gasteiger partial charge in [-0.15, -0.1) is 0 Å². The number of benzene rings is 1. The van der Waals surface area contributed by atoms with Crippen LogP contribution in [0.3, 0.4) is 0 Å². The third-order valence-corrected chi connectivity index (χ3v) is 3.31. The molecule has 102 valence electrons. The Balaban J connectivity index is 1.92. The zero-order valence-electron chi connectivity index (χ0n) is 11.4. The molecule has 1 atom stereocenters. The van der Waals surface area contributed by atoms with Gasteiger partial charge in [-0.05, 0) is 26.0 Å². The van der Waals surface area contributed by atoms with Crippen molar-refractivity contribution in [2.45, 2.75) is 32.8 Å². The number of Topliss-reactive ketones (excluding diaryl/α,β-unsaturated/α-hetero) is 1. The number of hydrogen-bond acceptors (Lipinski definition) is 3. The van der Waals surface area contributed by atoms with Gasteiger partial charge in [-0.25, -0.2) is 0 Å². The molecule has 0 spiro atoms. The summed E-state index contributed by atoms with van der Waals surface area (Å²) >= 11 is 0. The van der Waals surface area contributed by atoms with E-state index in [0.29, 0.717) is 31.7 Å². The SMILES string of the molecule is Cc1ccc(OC(C)C(=O)N2CCC(=O)CC2)cc1. The molecule has 0 N–H and O–H groups in total. The summed E-state index contributed by atoms with van der Waals surface area (Å²) in [5.41, 5.74) is 1.15. The van der Waals surface area contributed by atoms with Gasteiger partial charge in [0, 0.05) is 25.9 Å². The average molecular weight is 261 g/mol. The maximum atomic E-state index is 12.2. The van der Waals surface area contributed by atoms with Crippen LogP contribution in [0.1, 0.15) is 25.3 Å². The summed E-state index contributed by atoms with van der Waals surface area (Å²) in [6, 6.07) is 7.62. The van der Waals surface area contributed by atoms with Crippen LogP contribution in [0.5, 0.6) is 5.75 Å². The number of hydrogen-bond donors (Lipinski definition) is 0. The van der Waals surface area contributed by atoms with Gasteiger partial charge in [0.1, 0.15) is 11.5 Å². The lowest BCUT2D eigenvalue weighted by Crippen LogP contribution is -2.44. The molecule has 1 unspecified atom stereocenters. The number of carbonyl (C=O) groups excluding carboxylic acids is 2. The third-order valence-electron chi connectivity index (χ3n) is 3.31. The number of ketones is 1. The van der Waals surface area contributed by atoms with Crippen molar-refractivity contribution in [1.29, 1.82) is 0 Å². The lowest BCUT2D eigenvalue weighted by molar-refractivity contribution is -0.140. The van der Waals surface area contributed by atoms with Crippen molar-refractivity contribution in [1.82, 2.24) is 4.90 Å². The minimum atomic E-state index is -0.518. The second-order valence-corrected chi connectivity index (χ2v) is 4.94. The largest absolute Gasteiger partial charge is 0.481 e. The van der Waals surface area contributed by atoms with Crippen LogP contribution in [0.15, 0.2) is 24.3 Å². The summed E-state index contributed by atoms with van der Waals surface area (Å²) in [5, 5.41) is 0. The van der Waals surface area contributed by atoms with E-state index in [9.17, 15) is 9.59 Å². The summed E-state index contributed by atoms with van der Waals surface area (Å²) in [6.45, 7) is 4.78. The van der Waals surface area contributed by atoms with Crippen LogP contribution >= 0.6 is 0 Å². The number of carbonyl (C=O) groups is 2. The van der Waals surface area contributed by atoms with Gasteiger partial charge >= 0.3 is 0 Å². The molecule has 0 aliphatic carbocycles. The van der Waals surface area contributed by atoms with Crippen LogP contribution in [-0.4, -0.2) is 35.8 Å². The first-order valence-corrected chi connectivity index (χ1v) is 6.60. The maximum Gasteiger partial charge on any atom is 0.263 e. The molecule has 1 aromatic carbocycles. The van der Waals surface area contributed by atoms with E-state index in [4.69, 9.17) is 4.74 Å². The highest BCUT2D eigenvalue weighted by Crippen LogP contribution is 2.15. The molecule has 1 aliphatic heterocycles. The predicted octanol–water partition coefficient (Wildman–Crippen LogP) is 1.95. The van der Waals surface area contributed by atoms with Crippen molar-refractivity contribution in [3.05, 3.63) is 29.8 Å². The van der Waals surface area contributed by atoms with E-state index in [0.717, 1.165) is 5.56 Å². The molecule has 1 amide bonds. The molecule has 19 heavy (non-hydrogen) atoms. The second kappa shape index (κ2) is 5.87.